The molecule has 0 aliphatic heterocycles. The lowest BCUT2D eigenvalue weighted by Gasteiger charge is -2.34. The predicted octanol–water partition coefficient (Wildman–Crippen LogP) is 16.1. The lowest BCUT2D eigenvalue weighted by molar-refractivity contribution is 0.475. The molecule has 9 aromatic rings. The van der Waals surface area contributed by atoms with Crippen molar-refractivity contribution in [2.24, 2.45) is 0 Å². The summed E-state index contributed by atoms with van der Waals surface area (Å²) in [7, 11) is 0. The molecule has 312 valence electrons. The summed E-state index contributed by atoms with van der Waals surface area (Å²) in [5.74, 6) is 1.02. The molecule has 4 N–H and O–H groups in total. The fourth-order valence-electron chi connectivity index (χ4n) is 7.98. The monoisotopic (exact) mass is 808 g/mol. The maximum absolute atomic E-state index is 10.0. The Morgan fingerprint density at radius 3 is 1.11 bits per heavy atom. The van der Waals surface area contributed by atoms with Crippen molar-refractivity contribution in [1.82, 2.24) is 0 Å². The zero-order valence-electron chi connectivity index (χ0n) is 36.9. The van der Waals surface area contributed by atoms with E-state index in [9.17, 15) is 20.4 Å². The van der Waals surface area contributed by atoms with Gasteiger partial charge in [0.15, 0.2) is 0 Å². The van der Waals surface area contributed by atoms with E-state index in [1.165, 1.54) is 46.2 Å². The van der Waals surface area contributed by atoms with Gasteiger partial charge in [-0.3, -0.25) is 0 Å². The molecule has 0 fully saturated rings. The lowest BCUT2D eigenvalue weighted by atomic mass is 9.67. The van der Waals surface area contributed by atoms with Crippen LogP contribution in [-0.2, 0) is 5.41 Å². The van der Waals surface area contributed by atoms with Crippen LogP contribution >= 0.6 is 0 Å². The summed E-state index contributed by atoms with van der Waals surface area (Å²) in [6.07, 6.45) is 2.50. The Hall–Kier alpha value is -6.78. The van der Waals surface area contributed by atoms with Gasteiger partial charge in [0.05, 0.1) is 5.41 Å². The first-order valence-corrected chi connectivity index (χ1v) is 21.7. The van der Waals surface area contributed by atoms with Gasteiger partial charge in [-0.2, -0.15) is 0 Å². The van der Waals surface area contributed by atoms with Gasteiger partial charge in [-0.1, -0.05) is 177 Å². The number of phenolic OH excluding ortho intramolecular Hbond substituents is 4. The molecule has 0 saturated heterocycles. The second kappa shape index (κ2) is 21.0. The summed E-state index contributed by atoms with van der Waals surface area (Å²) < 4.78 is 0. The van der Waals surface area contributed by atoms with Gasteiger partial charge < -0.3 is 20.4 Å². The highest BCUT2D eigenvalue weighted by molar-refractivity contribution is 6.03. The van der Waals surface area contributed by atoms with Crippen molar-refractivity contribution in [1.29, 1.82) is 0 Å². The number of hydrogen-bond donors (Lipinski definition) is 4. The van der Waals surface area contributed by atoms with Crippen LogP contribution in [0, 0.1) is 0 Å². The molecule has 61 heavy (non-hydrogen) atoms. The van der Waals surface area contributed by atoms with Gasteiger partial charge >= 0.3 is 0 Å². The van der Waals surface area contributed by atoms with Crippen LogP contribution in [0.15, 0.2) is 170 Å². The summed E-state index contributed by atoms with van der Waals surface area (Å²) in [4.78, 5) is 0. The van der Waals surface area contributed by atoms with Crippen molar-refractivity contribution >= 4 is 43.1 Å². The maximum Gasteiger partial charge on any atom is 0.123 e. The Balaban J connectivity index is 0.000000225. The highest BCUT2D eigenvalue weighted by Gasteiger charge is 2.46. The topological polar surface area (TPSA) is 80.9 Å². The summed E-state index contributed by atoms with van der Waals surface area (Å²) in [6, 6.07) is 56.2. The minimum Gasteiger partial charge on any atom is -0.508 e. The third-order valence-corrected chi connectivity index (χ3v) is 10.3. The van der Waals surface area contributed by atoms with Crippen LogP contribution < -0.4 is 0 Å². The van der Waals surface area contributed by atoms with Crippen LogP contribution in [0.4, 0.5) is 0 Å². The van der Waals surface area contributed by atoms with Gasteiger partial charge in [-0.15, -0.1) is 0 Å². The fraction of sp³-hybridized carbons (Fsp3) is 0.193. The van der Waals surface area contributed by atoms with E-state index >= 15 is 0 Å². The van der Waals surface area contributed by atoms with E-state index in [4.69, 9.17) is 0 Å². The van der Waals surface area contributed by atoms with Crippen LogP contribution in [0.25, 0.3) is 54.2 Å². The number of phenols is 4. The van der Waals surface area contributed by atoms with Crippen molar-refractivity contribution in [2.45, 2.75) is 73.6 Å². The molecule has 0 radical (unpaired) electrons. The first-order valence-electron chi connectivity index (χ1n) is 21.7. The zero-order valence-corrected chi connectivity index (χ0v) is 36.9. The summed E-state index contributed by atoms with van der Waals surface area (Å²) in [5.41, 5.74) is 6.90. The quantitative estimate of drug-likeness (QED) is 0.131. The molecule has 0 bridgehead atoms. The van der Waals surface area contributed by atoms with Crippen molar-refractivity contribution < 1.29 is 20.4 Å². The second-order valence-corrected chi connectivity index (χ2v) is 14.6. The van der Waals surface area contributed by atoms with E-state index in [1.807, 2.05) is 88.4 Å². The fourth-order valence-corrected chi connectivity index (χ4v) is 7.98. The number of rotatable bonds is 2. The van der Waals surface area contributed by atoms with E-state index in [-0.39, 0.29) is 23.0 Å². The SMILES string of the molecule is CC.CC.CCC.CCC.Oc1ccc2cc(C3(c4ccc5cc(O)ccc5c4)c4ccccc4-c4ccccc43)ccc2c1.Oc1cccc2cc3cccc(O)c3cc12. The number of fused-ring (bicyclic) bond motifs is 7. The molecule has 1 aliphatic carbocycles. The Morgan fingerprint density at radius 2 is 0.705 bits per heavy atom. The second-order valence-electron chi connectivity index (χ2n) is 14.6. The summed E-state index contributed by atoms with van der Waals surface area (Å²) in [5, 5.41) is 47.2. The molecule has 0 amide bonds. The summed E-state index contributed by atoms with van der Waals surface area (Å²) >= 11 is 0. The smallest absolute Gasteiger partial charge is 0.123 e. The Labute approximate surface area is 362 Å². The van der Waals surface area contributed by atoms with E-state index in [0.717, 1.165) is 43.1 Å². The normalized spacial score (nSPS) is 11.5. The van der Waals surface area contributed by atoms with Gasteiger partial charge in [0.1, 0.15) is 23.0 Å². The van der Waals surface area contributed by atoms with Gasteiger partial charge in [-0.05, 0) is 126 Å². The minimum absolute atomic E-state index is 0.239. The third kappa shape index (κ3) is 9.20. The standard InChI is InChI=1S/C33H22O2.C14H10O2.2C3H8.2C2H6/c34-27-15-11-21-17-25(13-9-23(21)19-27)33(26-14-10-24-20-28(35)16-12-22(24)18-26)31-7-3-1-5-29(31)30-6-2-4-8-32(30)33;15-13-5-1-3-9-7-10-4-2-6-14(16)12(10)8-11(9)13;2*1-3-2;2*1-2/h1-20,34-35H;1-8,15-16H;2*3H2,1-2H3;2*1-2H3. The van der Waals surface area contributed by atoms with Gasteiger partial charge in [0.25, 0.3) is 0 Å². The predicted molar refractivity (Wildman–Crippen MR) is 261 cm³/mol. The molecule has 0 heterocycles. The molecule has 10 rings (SSSR count). The third-order valence-electron chi connectivity index (χ3n) is 10.3. The first kappa shape index (κ1) is 45.3. The molecule has 0 spiro atoms. The van der Waals surface area contributed by atoms with Crippen LogP contribution in [-0.4, -0.2) is 20.4 Å². The Kier molecular flexibility index (Phi) is 15.6. The zero-order chi connectivity index (χ0) is 44.1. The molecular formula is C57H60O4. The number of hydrogen-bond acceptors (Lipinski definition) is 4. The van der Waals surface area contributed by atoms with Gasteiger partial charge in [0.2, 0.25) is 0 Å². The average molecular weight is 809 g/mol. The molecule has 0 atom stereocenters. The number of benzene rings is 9. The lowest BCUT2D eigenvalue weighted by Crippen LogP contribution is -2.28. The Bertz CT molecular complexity index is 2660. The average Bonchev–Trinajstić information content (AvgIpc) is 3.59. The highest BCUT2D eigenvalue weighted by Crippen LogP contribution is 2.56. The van der Waals surface area contributed by atoms with Crippen molar-refractivity contribution in [3.63, 3.8) is 0 Å². The van der Waals surface area contributed by atoms with E-state index in [1.54, 1.807) is 24.3 Å². The largest absolute Gasteiger partial charge is 0.508 e. The van der Waals surface area contributed by atoms with Crippen LogP contribution in [0.5, 0.6) is 23.0 Å². The number of aromatic hydroxyl groups is 4. The van der Waals surface area contributed by atoms with E-state index < -0.39 is 5.41 Å². The maximum atomic E-state index is 10.0. The molecule has 0 unspecified atom stereocenters. The molecule has 1 aliphatic rings. The minimum atomic E-state index is -0.495. The molecule has 4 heteroatoms. The molecule has 0 aromatic heterocycles. The Morgan fingerprint density at radius 1 is 0.344 bits per heavy atom. The van der Waals surface area contributed by atoms with Crippen LogP contribution in [0.1, 0.15) is 90.5 Å². The van der Waals surface area contributed by atoms with Gasteiger partial charge in [-0.25, -0.2) is 0 Å². The van der Waals surface area contributed by atoms with E-state index in [2.05, 4.69) is 113 Å². The highest BCUT2D eigenvalue weighted by atomic mass is 16.3. The molecule has 4 nitrogen and oxygen atoms in total. The van der Waals surface area contributed by atoms with Gasteiger partial charge in [0, 0.05) is 10.8 Å². The molecular weight excluding hydrogens is 749 g/mol. The van der Waals surface area contributed by atoms with Crippen molar-refractivity contribution in [2.75, 3.05) is 0 Å². The van der Waals surface area contributed by atoms with Crippen molar-refractivity contribution in [3.8, 4) is 34.1 Å². The molecule has 0 saturated carbocycles. The van der Waals surface area contributed by atoms with Crippen LogP contribution in [0.3, 0.4) is 0 Å². The van der Waals surface area contributed by atoms with E-state index in [0.29, 0.717) is 0 Å². The first-order chi connectivity index (χ1) is 29.7. The summed E-state index contributed by atoms with van der Waals surface area (Å²) in [6.45, 7) is 16.5. The van der Waals surface area contributed by atoms with Crippen molar-refractivity contribution in [3.05, 3.63) is 192 Å². The molecule has 9 aromatic carbocycles. The van der Waals surface area contributed by atoms with Crippen LogP contribution in [0.2, 0.25) is 0 Å².